The smallest absolute Gasteiger partial charge is 0.314 e. The van der Waals surface area contributed by atoms with E-state index >= 15 is 0 Å². The minimum Gasteiger partial charge on any atom is -0.466 e. The maximum absolute atomic E-state index is 12.5. The van der Waals surface area contributed by atoms with Gasteiger partial charge in [0.1, 0.15) is 0 Å². The zero-order chi connectivity index (χ0) is 16.4. The van der Waals surface area contributed by atoms with Gasteiger partial charge < -0.3 is 9.47 Å². The number of ether oxygens (including phenoxy) is 2. The van der Waals surface area contributed by atoms with Crippen LogP contribution in [0.2, 0.25) is 0 Å². The predicted octanol–water partition coefficient (Wildman–Crippen LogP) is 3.67. The quantitative estimate of drug-likeness (QED) is 0.784. The van der Waals surface area contributed by atoms with E-state index in [0.717, 1.165) is 11.3 Å². The van der Waals surface area contributed by atoms with Gasteiger partial charge in [-0.3, -0.25) is 9.59 Å². The molecule has 0 saturated carbocycles. The summed E-state index contributed by atoms with van der Waals surface area (Å²) < 4.78 is 11.5. The van der Waals surface area contributed by atoms with E-state index < -0.39 is 0 Å². The second-order valence-corrected chi connectivity index (χ2v) is 6.73. The minimum atomic E-state index is -0.355. The van der Waals surface area contributed by atoms with E-state index in [-0.39, 0.29) is 30.2 Å². The van der Waals surface area contributed by atoms with Gasteiger partial charge in [-0.25, -0.2) is 0 Å². The fourth-order valence-corrected chi connectivity index (χ4v) is 4.75. The van der Waals surface area contributed by atoms with Crippen molar-refractivity contribution < 1.29 is 19.1 Å². The molecule has 2 atom stereocenters. The molecule has 5 heteroatoms. The van der Waals surface area contributed by atoms with Crippen molar-refractivity contribution in [2.75, 3.05) is 13.2 Å². The first-order valence-corrected chi connectivity index (χ1v) is 8.79. The normalized spacial score (nSPS) is 19.6. The summed E-state index contributed by atoms with van der Waals surface area (Å²) in [4.78, 5) is 25.4. The highest BCUT2D eigenvalue weighted by molar-refractivity contribution is 7.19. The van der Waals surface area contributed by atoms with E-state index in [2.05, 4.69) is 12.1 Å². The summed E-state index contributed by atoms with van der Waals surface area (Å²) in [6, 6.07) is 8.16. The molecule has 0 N–H and O–H groups in total. The van der Waals surface area contributed by atoms with Gasteiger partial charge in [0.15, 0.2) is 0 Å². The summed E-state index contributed by atoms with van der Waals surface area (Å²) in [6.45, 7) is 4.31. The van der Waals surface area contributed by atoms with Crippen LogP contribution in [0.1, 0.15) is 36.6 Å². The Labute approximate surface area is 139 Å². The molecule has 4 nitrogen and oxygen atoms in total. The van der Waals surface area contributed by atoms with Gasteiger partial charge in [0.05, 0.1) is 19.1 Å². The van der Waals surface area contributed by atoms with Crippen LogP contribution in [0.3, 0.4) is 0 Å². The molecule has 2 aromatic rings. The molecule has 0 radical (unpaired) electrons. The van der Waals surface area contributed by atoms with Crippen molar-refractivity contribution in [2.24, 2.45) is 5.92 Å². The van der Waals surface area contributed by atoms with Crippen molar-refractivity contribution in [1.82, 2.24) is 0 Å². The maximum Gasteiger partial charge on any atom is 0.314 e. The van der Waals surface area contributed by atoms with Gasteiger partial charge in [-0.15, -0.1) is 11.3 Å². The Kier molecular flexibility index (Phi) is 4.66. The lowest BCUT2D eigenvalue weighted by molar-refractivity contribution is -0.148. The summed E-state index contributed by atoms with van der Waals surface area (Å²) in [6.07, 6.45) is 0.981. The third-order valence-corrected chi connectivity index (χ3v) is 5.52. The van der Waals surface area contributed by atoms with E-state index in [1.165, 1.54) is 15.6 Å². The second kappa shape index (κ2) is 6.71. The molecule has 0 spiro atoms. The van der Waals surface area contributed by atoms with E-state index in [1.807, 2.05) is 12.1 Å². The van der Waals surface area contributed by atoms with Gasteiger partial charge in [0.25, 0.3) is 0 Å². The molecule has 0 bridgehead atoms. The van der Waals surface area contributed by atoms with Crippen molar-refractivity contribution in [1.29, 1.82) is 0 Å². The number of thiophene rings is 1. The van der Waals surface area contributed by atoms with Crippen molar-refractivity contribution in [2.45, 2.75) is 32.6 Å². The summed E-state index contributed by atoms with van der Waals surface area (Å²) in [5.41, 5.74) is 1.19. The molecular weight excluding hydrogens is 312 g/mol. The minimum absolute atomic E-state index is 0.0704. The van der Waals surface area contributed by atoms with Gasteiger partial charge in [0.2, 0.25) is 0 Å². The fraction of sp³-hybridized carbons (Fsp3) is 0.444. The van der Waals surface area contributed by atoms with Gasteiger partial charge in [-0.2, -0.15) is 0 Å². The Hall–Kier alpha value is -1.88. The van der Waals surface area contributed by atoms with Gasteiger partial charge in [-0.05, 0) is 43.2 Å². The zero-order valence-corrected chi connectivity index (χ0v) is 14.2. The monoisotopic (exact) mass is 332 g/mol. The average Bonchev–Trinajstić information content (AvgIpc) is 3.03. The number of hydrogen-bond acceptors (Lipinski definition) is 5. The topological polar surface area (TPSA) is 52.6 Å². The van der Waals surface area contributed by atoms with E-state index in [1.54, 1.807) is 25.2 Å². The molecular formula is C18H20O4S. The van der Waals surface area contributed by atoms with E-state index in [9.17, 15) is 9.59 Å². The number of rotatable bonds is 5. The number of carbonyl (C=O) groups excluding carboxylic acids is 2. The molecule has 1 aromatic heterocycles. The standard InChI is InChI=1S/C18H20O4S/c1-3-21-15(19)10-11-9-13-12-7-5-6-8-14(12)23-17(13)16(11)18(20)22-4-2/h5-8,11,16H,3-4,9-10H2,1-2H3/t11-,16-/m1/s1. The molecule has 1 heterocycles. The van der Waals surface area contributed by atoms with Crippen LogP contribution in [0.4, 0.5) is 0 Å². The molecule has 23 heavy (non-hydrogen) atoms. The third-order valence-electron chi connectivity index (χ3n) is 4.22. The lowest BCUT2D eigenvalue weighted by atomic mass is 9.92. The van der Waals surface area contributed by atoms with Gasteiger partial charge in [0, 0.05) is 16.0 Å². The Morgan fingerprint density at radius 3 is 2.65 bits per heavy atom. The lowest BCUT2D eigenvalue weighted by Gasteiger charge is -2.17. The Morgan fingerprint density at radius 1 is 1.17 bits per heavy atom. The maximum atomic E-state index is 12.5. The van der Waals surface area contributed by atoms with Crippen LogP contribution < -0.4 is 0 Å². The van der Waals surface area contributed by atoms with Crippen molar-refractivity contribution in [3.8, 4) is 0 Å². The fourth-order valence-electron chi connectivity index (χ4n) is 3.33. The molecule has 0 amide bonds. The van der Waals surface area contributed by atoms with Crippen molar-refractivity contribution in [3.63, 3.8) is 0 Å². The van der Waals surface area contributed by atoms with Gasteiger partial charge in [-0.1, -0.05) is 18.2 Å². The first-order valence-electron chi connectivity index (χ1n) is 7.98. The molecule has 122 valence electrons. The highest BCUT2D eigenvalue weighted by Crippen LogP contribution is 2.48. The molecule has 0 fully saturated rings. The van der Waals surface area contributed by atoms with Gasteiger partial charge >= 0.3 is 11.9 Å². The molecule has 1 aliphatic rings. The van der Waals surface area contributed by atoms with Crippen LogP contribution in [0.25, 0.3) is 10.1 Å². The first-order chi connectivity index (χ1) is 11.2. The molecule has 0 saturated heterocycles. The lowest BCUT2D eigenvalue weighted by Crippen LogP contribution is -2.23. The van der Waals surface area contributed by atoms with Crippen LogP contribution >= 0.6 is 11.3 Å². The summed E-state index contributed by atoms with van der Waals surface area (Å²) in [5, 5.41) is 1.19. The highest BCUT2D eigenvalue weighted by atomic mass is 32.1. The molecule has 1 aliphatic carbocycles. The van der Waals surface area contributed by atoms with Crippen LogP contribution in [-0.4, -0.2) is 25.2 Å². The first kappa shape index (κ1) is 16.0. The average molecular weight is 332 g/mol. The molecule has 0 unspecified atom stereocenters. The second-order valence-electron chi connectivity index (χ2n) is 5.64. The summed E-state index contributed by atoms with van der Waals surface area (Å²) >= 11 is 1.64. The number of esters is 2. The number of fused-ring (bicyclic) bond motifs is 3. The molecule has 1 aromatic carbocycles. The number of carbonyl (C=O) groups is 2. The zero-order valence-electron chi connectivity index (χ0n) is 13.3. The Balaban J connectivity index is 1.95. The Morgan fingerprint density at radius 2 is 1.91 bits per heavy atom. The van der Waals surface area contributed by atoms with Crippen LogP contribution in [0.5, 0.6) is 0 Å². The van der Waals surface area contributed by atoms with Crippen molar-refractivity contribution in [3.05, 3.63) is 34.7 Å². The summed E-state index contributed by atoms with van der Waals surface area (Å²) in [7, 11) is 0. The van der Waals surface area contributed by atoms with Crippen LogP contribution in [0.15, 0.2) is 24.3 Å². The van der Waals surface area contributed by atoms with E-state index in [4.69, 9.17) is 9.47 Å². The van der Waals surface area contributed by atoms with Crippen LogP contribution in [0, 0.1) is 5.92 Å². The SMILES string of the molecule is CCOC(=O)C[C@H]1Cc2c(sc3ccccc23)[C@@H]1C(=O)OCC. The third kappa shape index (κ3) is 2.98. The largest absolute Gasteiger partial charge is 0.466 e. The highest BCUT2D eigenvalue weighted by Gasteiger charge is 2.42. The van der Waals surface area contributed by atoms with Crippen molar-refractivity contribution >= 4 is 33.4 Å². The van der Waals surface area contributed by atoms with Crippen LogP contribution in [-0.2, 0) is 25.5 Å². The van der Waals surface area contributed by atoms with E-state index in [0.29, 0.717) is 13.2 Å². The Bertz CT molecular complexity index is 734. The molecule has 0 aliphatic heterocycles. The molecule has 3 rings (SSSR count). The summed E-state index contributed by atoms with van der Waals surface area (Å²) in [5.74, 6) is -0.899. The predicted molar refractivity (Wildman–Crippen MR) is 89.6 cm³/mol. The number of benzene rings is 1. The number of hydrogen-bond donors (Lipinski definition) is 0.